The van der Waals surface area contributed by atoms with Crippen LogP contribution in [0.3, 0.4) is 0 Å². The molecule has 0 spiro atoms. The number of pyridine rings is 1. The molecule has 0 aliphatic rings. The molecule has 2 aromatic rings. The van der Waals surface area contributed by atoms with E-state index in [4.69, 9.17) is 5.84 Å². The molecule has 3 nitrogen and oxygen atoms in total. The van der Waals surface area contributed by atoms with E-state index in [1.54, 1.807) is 6.07 Å². The van der Waals surface area contributed by atoms with Crippen LogP contribution in [0.4, 0.5) is 14.6 Å². The molecule has 5 heteroatoms. The van der Waals surface area contributed by atoms with E-state index in [2.05, 4.69) is 10.4 Å². The van der Waals surface area contributed by atoms with Crippen molar-refractivity contribution in [2.24, 2.45) is 5.84 Å². The Morgan fingerprint density at radius 1 is 1.11 bits per heavy atom. The molecule has 1 aromatic heterocycles. The minimum absolute atomic E-state index is 0.201. The van der Waals surface area contributed by atoms with Crippen molar-refractivity contribution < 1.29 is 8.78 Å². The summed E-state index contributed by atoms with van der Waals surface area (Å²) in [7, 11) is 0. The number of nitrogens with zero attached hydrogens (tertiary/aromatic N) is 1. The minimum Gasteiger partial charge on any atom is -0.308 e. The Morgan fingerprint density at radius 3 is 2.28 bits per heavy atom. The summed E-state index contributed by atoms with van der Waals surface area (Å²) in [5.41, 5.74) is 3.52. The first kappa shape index (κ1) is 12.7. The maximum atomic E-state index is 13.2. The lowest BCUT2D eigenvalue weighted by Gasteiger charge is -2.22. The van der Waals surface area contributed by atoms with Gasteiger partial charge in [-0.15, -0.1) is 0 Å². The predicted octanol–water partition coefficient (Wildman–Crippen LogP) is 3.10. The number of rotatable bonds is 1. The molecule has 96 valence electrons. The molecule has 0 amide bonds. The number of halogens is 2. The lowest BCUT2D eigenvalue weighted by atomic mass is 9.86. The van der Waals surface area contributed by atoms with Crippen LogP contribution in [0.25, 0.3) is 10.9 Å². The molecule has 3 N–H and O–H groups in total. The van der Waals surface area contributed by atoms with Crippen LogP contribution in [-0.2, 0) is 5.41 Å². The number of anilines is 1. The van der Waals surface area contributed by atoms with Gasteiger partial charge >= 0.3 is 0 Å². The molecule has 2 rings (SSSR count). The Hall–Kier alpha value is -1.75. The molecule has 0 saturated heterocycles. The van der Waals surface area contributed by atoms with Crippen molar-refractivity contribution in [1.82, 2.24) is 4.98 Å². The van der Waals surface area contributed by atoms with Crippen molar-refractivity contribution >= 4 is 16.7 Å². The average Bonchev–Trinajstić information content (AvgIpc) is 2.28. The molecule has 0 unspecified atom stereocenters. The lowest BCUT2D eigenvalue weighted by molar-refractivity contribution is 0.510. The minimum atomic E-state index is -0.915. The van der Waals surface area contributed by atoms with E-state index >= 15 is 0 Å². The van der Waals surface area contributed by atoms with E-state index in [1.807, 2.05) is 20.8 Å². The van der Waals surface area contributed by atoms with E-state index < -0.39 is 11.6 Å². The second kappa shape index (κ2) is 4.17. The molecule has 0 fully saturated rings. The van der Waals surface area contributed by atoms with Gasteiger partial charge in [0.15, 0.2) is 11.6 Å². The highest BCUT2D eigenvalue weighted by molar-refractivity contribution is 5.82. The normalized spacial score (nSPS) is 11.9. The summed E-state index contributed by atoms with van der Waals surface area (Å²) in [5, 5.41) is 0.554. The topological polar surface area (TPSA) is 50.9 Å². The molecule has 0 aliphatic heterocycles. The number of aromatic nitrogens is 1. The molecule has 0 saturated carbocycles. The number of fused-ring (bicyclic) bond motifs is 1. The van der Waals surface area contributed by atoms with Crippen LogP contribution in [0.1, 0.15) is 26.3 Å². The molecule has 0 aliphatic carbocycles. The SMILES string of the molecule is CC(C)(C)c1cc2cc(F)c(F)cc2nc1NN. The Morgan fingerprint density at radius 2 is 1.72 bits per heavy atom. The monoisotopic (exact) mass is 251 g/mol. The molecule has 0 radical (unpaired) electrons. The van der Waals surface area contributed by atoms with Gasteiger partial charge in [0, 0.05) is 17.0 Å². The van der Waals surface area contributed by atoms with Crippen LogP contribution in [0.5, 0.6) is 0 Å². The van der Waals surface area contributed by atoms with Crippen molar-refractivity contribution in [3.63, 3.8) is 0 Å². The molecular formula is C13H15F2N3. The molecule has 0 bridgehead atoms. The quantitative estimate of drug-likeness (QED) is 0.605. The largest absolute Gasteiger partial charge is 0.308 e. The van der Waals surface area contributed by atoms with Crippen molar-refractivity contribution in [3.05, 3.63) is 35.4 Å². The summed E-state index contributed by atoms with van der Waals surface area (Å²) in [4.78, 5) is 4.22. The number of hydrazine groups is 1. The zero-order valence-electron chi connectivity index (χ0n) is 10.5. The second-order valence-electron chi connectivity index (χ2n) is 5.24. The number of hydrogen-bond acceptors (Lipinski definition) is 3. The Kier molecular flexibility index (Phi) is 2.94. The summed E-state index contributed by atoms with van der Waals surface area (Å²) in [6.07, 6.45) is 0. The maximum absolute atomic E-state index is 13.2. The summed E-state index contributed by atoms with van der Waals surface area (Å²) < 4.78 is 26.4. The van der Waals surface area contributed by atoms with E-state index in [0.717, 1.165) is 17.7 Å². The molecule has 0 atom stereocenters. The van der Waals surface area contributed by atoms with Gasteiger partial charge in [-0.05, 0) is 17.5 Å². The fraction of sp³-hybridized carbons (Fsp3) is 0.308. The lowest BCUT2D eigenvalue weighted by Crippen LogP contribution is -2.19. The average molecular weight is 251 g/mol. The standard InChI is InChI=1S/C13H15F2N3/c1-13(2,3)8-4-7-5-9(14)10(15)6-11(7)17-12(8)18-16/h4-6H,16H2,1-3H3,(H,17,18). The predicted molar refractivity (Wildman–Crippen MR) is 68.2 cm³/mol. The third-order valence-electron chi connectivity index (χ3n) is 2.80. The number of hydrogen-bond donors (Lipinski definition) is 2. The van der Waals surface area contributed by atoms with Crippen LogP contribution in [0, 0.1) is 11.6 Å². The first-order chi connectivity index (χ1) is 8.32. The van der Waals surface area contributed by atoms with Crippen LogP contribution in [0.2, 0.25) is 0 Å². The fourth-order valence-corrected chi connectivity index (χ4v) is 1.85. The zero-order chi connectivity index (χ0) is 13.5. The maximum Gasteiger partial charge on any atom is 0.161 e. The number of nitrogens with two attached hydrogens (primary N) is 1. The number of benzene rings is 1. The van der Waals surface area contributed by atoms with Crippen molar-refractivity contribution in [1.29, 1.82) is 0 Å². The van der Waals surface area contributed by atoms with E-state index in [0.29, 0.717) is 16.7 Å². The first-order valence-corrected chi connectivity index (χ1v) is 5.60. The summed E-state index contributed by atoms with van der Waals surface area (Å²) in [5.74, 6) is 4.11. The molecule has 1 heterocycles. The van der Waals surface area contributed by atoms with Gasteiger partial charge in [-0.2, -0.15) is 0 Å². The Balaban J connectivity index is 2.77. The summed E-state index contributed by atoms with van der Waals surface area (Å²) in [6.45, 7) is 5.99. The highest BCUT2D eigenvalue weighted by Crippen LogP contribution is 2.31. The molecular weight excluding hydrogens is 236 g/mol. The van der Waals surface area contributed by atoms with Crippen LogP contribution < -0.4 is 11.3 Å². The smallest absolute Gasteiger partial charge is 0.161 e. The van der Waals surface area contributed by atoms with Crippen LogP contribution >= 0.6 is 0 Å². The van der Waals surface area contributed by atoms with Gasteiger partial charge in [0.25, 0.3) is 0 Å². The van der Waals surface area contributed by atoms with Gasteiger partial charge in [0.05, 0.1) is 5.52 Å². The van der Waals surface area contributed by atoms with Crippen LogP contribution in [-0.4, -0.2) is 4.98 Å². The van der Waals surface area contributed by atoms with Crippen LogP contribution in [0.15, 0.2) is 18.2 Å². The summed E-state index contributed by atoms with van der Waals surface area (Å²) >= 11 is 0. The third-order valence-corrected chi connectivity index (χ3v) is 2.80. The van der Waals surface area contributed by atoms with E-state index in [9.17, 15) is 8.78 Å². The highest BCUT2D eigenvalue weighted by atomic mass is 19.2. The van der Waals surface area contributed by atoms with Gasteiger partial charge in [-0.3, -0.25) is 0 Å². The van der Waals surface area contributed by atoms with E-state index in [-0.39, 0.29) is 5.41 Å². The third kappa shape index (κ3) is 2.13. The molecule has 1 aromatic carbocycles. The van der Waals surface area contributed by atoms with Gasteiger partial charge < -0.3 is 5.43 Å². The van der Waals surface area contributed by atoms with Crippen molar-refractivity contribution in [2.45, 2.75) is 26.2 Å². The van der Waals surface area contributed by atoms with Crippen molar-refractivity contribution in [2.75, 3.05) is 5.43 Å². The number of nitrogens with one attached hydrogen (secondary N) is 1. The first-order valence-electron chi connectivity index (χ1n) is 5.60. The molecule has 18 heavy (non-hydrogen) atoms. The zero-order valence-corrected chi connectivity index (χ0v) is 10.5. The fourth-order valence-electron chi connectivity index (χ4n) is 1.85. The Bertz CT molecular complexity index is 603. The Labute approximate surface area is 104 Å². The van der Waals surface area contributed by atoms with Gasteiger partial charge in [0.1, 0.15) is 5.82 Å². The number of nitrogen functional groups attached to an aromatic ring is 1. The van der Waals surface area contributed by atoms with Gasteiger partial charge in [0.2, 0.25) is 0 Å². The highest BCUT2D eigenvalue weighted by Gasteiger charge is 2.20. The van der Waals surface area contributed by atoms with Crippen molar-refractivity contribution in [3.8, 4) is 0 Å². The van der Waals surface area contributed by atoms with Gasteiger partial charge in [-0.25, -0.2) is 19.6 Å². The van der Waals surface area contributed by atoms with E-state index in [1.165, 1.54) is 0 Å². The van der Waals surface area contributed by atoms with Gasteiger partial charge in [-0.1, -0.05) is 20.8 Å². The summed E-state index contributed by atoms with van der Waals surface area (Å²) in [6, 6.07) is 3.99. The second-order valence-corrected chi connectivity index (χ2v) is 5.24.